The van der Waals surface area contributed by atoms with Gasteiger partial charge < -0.3 is 5.11 Å². The fourth-order valence-corrected chi connectivity index (χ4v) is 1.42. The molecule has 78 valence electrons. The van der Waals surface area contributed by atoms with Gasteiger partial charge in [-0.2, -0.15) is 5.10 Å². The summed E-state index contributed by atoms with van der Waals surface area (Å²) in [7, 11) is 0. The van der Waals surface area contributed by atoms with Crippen LogP contribution in [0.3, 0.4) is 0 Å². The molecule has 4 heteroatoms. The van der Waals surface area contributed by atoms with Crippen molar-refractivity contribution in [1.29, 1.82) is 0 Å². The van der Waals surface area contributed by atoms with Gasteiger partial charge in [0, 0.05) is 17.5 Å². The average molecular weight is 203 g/mol. The van der Waals surface area contributed by atoms with Crippen molar-refractivity contribution in [1.82, 2.24) is 14.8 Å². The Morgan fingerprint density at radius 3 is 3.00 bits per heavy atom. The first-order valence-corrected chi connectivity index (χ1v) is 4.87. The van der Waals surface area contributed by atoms with E-state index in [1.54, 1.807) is 10.9 Å². The molecule has 0 atom stereocenters. The fraction of sp³-hybridized carbons (Fsp3) is 0.273. The molecule has 2 heterocycles. The maximum Gasteiger partial charge on any atom is 0.0736 e. The molecule has 4 nitrogen and oxygen atoms in total. The highest BCUT2D eigenvalue weighted by Gasteiger charge is 2.02. The van der Waals surface area contributed by atoms with Crippen LogP contribution in [-0.4, -0.2) is 26.5 Å². The van der Waals surface area contributed by atoms with Crippen molar-refractivity contribution in [3.8, 4) is 11.3 Å². The van der Waals surface area contributed by atoms with Gasteiger partial charge in [-0.25, -0.2) is 0 Å². The lowest BCUT2D eigenvalue weighted by Gasteiger charge is -1.97. The molecule has 1 N–H and O–H groups in total. The van der Waals surface area contributed by atoms with E-state index in [4.69, 9.17) is 5.11 Å². The topological polar surface area (TPSA) is 50.9 Å². The summed E-state index contributed by atoms with van der Waals surface area (Å²) in [6.07, 6.45) is 3.65. The predicted molar refractivity (Wildman–Crippen MR) is 57.3 cm³/mol. The van der Waals surface area contributed by atoms with Crippen LogP contribution in [0.5, 0.6) is 0 Å². The second-order valence-corrected chi connectivity index (χ2v) is 3.38. The highest BCUT2D eigenvalue weighted by molar-refractivity contribution is 5.56. The van der Waals surface area contributed by atoms with E-state index in [9.17, 15) is 0 Å². The van der Waals surface area contributed by atoms with Crippen LogP contribution in [0, 0.1) is 6.92 Å². The van der Waals surface area contributed by atoms with Gasteiger partial charge in [0.15, 0.2) is 0 Å². The van der Waals surface area contributed by atoms with Gasteiger partial charge in [-0.1, -0.05) is 6.07 Å². The monoisotopic (exact) mass is 203 g/mol. The van der Waals surface area contributed by atoms with Crippen molar-refractivity contribution in [2.24, 2.45) is 0 Å². The second kappa shape index (κ2) is 4.23. The molecule has 0 saturated heterocycles. The normalized spacial score (nSPS) is 10.5. The largest absolute Gasteiger partial charge is 0.394 e. The smallest absolute Gasteiger partial charge is 0.0736 e. The number of hydrogen-bond acceptors (Lipinski definition) is 3. The summed E-state index contributed by atoms with van der Waals surface area (Å²) in [5.74, 6) is 0. The molecule has 0 radical (unpaired) electrons. The van der Waals surface area contributed by atoms with Crippen molar-refractivity contribution >= 4 is 0 Å². The maximum absolute atomic E-state index is 8.77. The number of aromatic nitrogens is 3. The van der Waals surface area contributed by atoms with Crippen LogP contribution >= 0.6 is 0 Å². The Morgan fingerprint density at radius 2 is 2.27 bits per heavy atom. The number of aliphatic hydroxyl groups is 1. The summed E-state index contributed by atoms with van der Waals surface area (Å²) in [6, 6.07) is 5.88. The molecule has 0 amide bonds. The summed E-state index contributed by atoms with van der Waals surface area (Å²) in [6.45, 7) is 2.58. The molecular formula is C11H13N3O. The van der Waals surface area contributed by atoms with E-state index in [1.165, 1.54) is 0 Å². The molecule has 15 heavy (non-hydrogen) atoms. The minimum Gasteiger partial charge on any atom is -0.394 e. The molecule has 0 aliphatic carbocycles. The molecule has 2 rings (SSSR count). The lowest BCUT2D eigenvalue weighted by atomic mass is 10.2. The van der Waals surface area contributed by atoms with Gasteiger partial charge >= 0.3 is 0 Å². The first-order chi connectivity index (χ1) is 7.29. The molecule has 0 spiro atoms. The van der Waals surface area contributed by atoms with Gasteiger partial charge in [0.1, 0.15) is 0 Å². The molecule has 2 aromatic rings. The van der Waals surface area contributed by atoms with Gasteiger partial charge in [0.25, 0.3) is 0 Å². The Bertz CT molecular complexity index is 451. The third-order valence-electron chi connectivity index (χ3n) is 2.15. The molecule has 0 saturated carbocycles. The van der Waals surface area contributed by atoms with Crippen LogP contribution in [0.15, 0.2) is 30.6 Å². The van der Waals surface area contributed by atoms with E-state index in [-0.39, 0.29) is 6.61 Å². The van der Waals surface area contributed by atoms with E-state index in [0.29, 0.717) is 6.54 Å². The molecule has 0 fully saturated rings. The quantitative estimate of drug-likeness (QED) is 0.816. The molecule has 0 aromatic carbocycles. The Morgan fingerprint density at radius 1 is 1.40 bits per heavy atom. The number of nitrogens with zero attached hydrogens (tertiary/aromatic N) is 3. The molecule has 0 aliphatic heterocycles. The number of rotatable bonds is 3. The second-order valence-electron chi connectivity index (χ2n) is 3.38. The molecule has 0 bridgehead atoms. The minimum atomic E-state index is 0.0996. The van der Waals surface area contributed by atoms with Crippen LogP contribution in [0.4, 0.5) is 0 Å². The molecule has 2 aromatic heterocycles. The first kappa shape index (κ1) is 9.86. The van der Waals surface area contributed by atoms with E-state index >= 15 is 0 Å². The Balaban J connectivity index is 2.29. The summed E-state index contributed by atoms with van der Waals surface area (Å²) < 4.78 is 1.71. The lowest BCUT2D eigenvalue weighted by Crippen LogP contribution is -2.01. The average Bonchev–Trinajstić information content (AvgIpc) is 2.67. The number of pyridine rings is 1. The van der Waals surface area contributed by atoms with Crippen LogP contribution in [0.2, 0.25) is 0 Å². The Kier molecular flexibility index (Phi) is 2.78. The van der Waals surface area contributed by atoms with E-state index < -0.39 is 0 Å². The first-order valence-electron chi connectivity index (χ1n) is 4.87. The fourth-order valence-electron chi connectivity index (χ4n) is 1.42. The molecule has 0 aliphatic rings. The summed E-state index contributed by atoms with van der Waals surface area (Å²) in [5.41, 5.74) is 2.88. The third kappa shape index (κ3) is 2.22. The van der Waals surface area contributed by atoms with Gasteiger partial charge in [-0.15, -0.1) is 0 Å². The lowest BCUT2D eigenvalue weighted by molar-refractivity contribution is 0.269. The van der Waals surface area contributed by atoms with Crippen LogP contribution in [0.1, 0.15) is 5.69 Å². The SMILES string of the molecule is Cc1cccc(-c2cnn(CCO)c2)n1. The minimum absolute atomic E-state index is 0.0996. The van der Waals surface area contributed by atoms with Crippen molar-refractivity contribution in [3.63, 3.8) is 0 Å². The third-order valence-corrected chi connectivity index (χ3v) is 2.15. The number of aliphatic hydroxyl groups excluding tert-OH is 1. The maximum atomic E-state index is 8.77. The van der Waals surface area contributed by atoms with Gasteiger partial charge in [-0.3, -0.25) is 9.67 Å². The van der Waals surface area contributed by atoms with Gasteiger partial charge in [0.05, 0.1) is 25.0 Å². The van der Waals surface area contributed by atoms with E-state index in [0.717, 1.165) is 17.0 Å². The zero-order chi connectivity index (χ0) is 10.7. The van der Waals surface area contributed by atoms with Crippen LogP contribution in [0.25, 0.3) is 11.3 Å². The van der Waals surface area contributed by atoms with Crippen molar-refractivity contribution in [2.75, 3.05) is 6.61 Å². The zero-order valence-electron chi connectivity index (χ0n) is 8.59. The highest BCUT2D eigenvalue weighted by atomic mass is 16.3. The van der Waals surface area contributed by atoms with Crippen molar-refractivity contribution in [2.45, 2.75) is 13.5 Å². The van der Waals surface area contributed by atoms with Gasteiger partial charge in [-0.05, 0) is 19.1 Å². The summed E-state index contributed by atoms with van der Waals surface area (Å²) in [5, 5.41) is 12.9. The standard InChI is InChI=1S/C11H13N3O/c1-9-3-2-4-11(13-9)10-7-12-14(8-10)5-6-15/h2-4,7-8,15H,5-6H2,1H3. The van der Waals surface area contributed by atoms with Crippen LogP contribution < -0.4 is 0 Å². The van der Waals surface area contributed by atoms with E-state index in [2.05, 4.69) is 10.1 Å². The highest BCUT2D eigenvalue weighted by Crippen LogP contribution is 2.15. The van der Waals surface area contributed by atoms with Crippen molar-refractivity contribution in [3.05, 3.63) is 36.3 Å². The molecular weight excluding hydrogens is 190 g/mol. The number of hydrogen-bond donors (Lipinski definition) is 1. The Hall–Kier alpha value is -1.68. The van der Waals surface area contributed by atoms with E-state index in [1.807, 2.05) is 31.3 Å². The Labute approximate surface area is 88.2 Å². The predicted octanol–water partition coefficient (Wildman–Crippen LogP) is 1.25. The molecule has 0 unspecified atom stereocenters. The zero-order valence-corrected chi connectivity index (χ0v) is 8.59. The van der Waals surface area contributed by atoms with Gasteiger partial charge in [0.2, 0.25) is 0 Å². The van der Waals surface area contributed by atoms with Crippen LogP contribution in [-0.2, 0) is 6.54 Å². The number of aryl methyl sites for hydroxylation is 1. The summed E-state index contributed by atoms with van der Waals surface area (Å²) in [4.78, 5) is 4.40. The van der Waals surface area contributed by atoms with Crippen molar-refractivity contribution < 1.29 is 5.11 Å². The summed E-state index contributed by atoms with van der Waals surface area (Å²) >= 11 is 0.